The van der Waals surface area contributed by atoms with Gasteiger partial charge in [-0.2, -0.15) is 0 Å². The summed E-state index contributed by atoms with van der Waals surface area (Å²) in [7, 11) is 3.68. The van der Waals surface area contributed by atoms with Crippen LogP contribution in [0.1, 0.15) is 36.8 Å². The number of amides is 1. The van der Waals surface area contributed by atoms with Gasteiger partial charge in [0.2, 0.25) is 5.91 Å². The Hall–Kier alpha value is -2.61. The van der Waals surface area contributed by atoms with Crippen LogP contribution in [-0.2, 0) is 17.9 Å². The minimum atomic E-state index is 0.212. The van der Waals surface area contributed by atoms with Gasteiger partial charge in [0.05, 0.1) is 13.7 Å². The molecule has 1 N–H and O–H groups in total. The molecule has 1 amide bonds. The maximum Gasteiger partial charge on any atom is 0.224 e. The molecular formula is C21H30N6O2. The number of aromatic nitrogens is 3. The Bertz CT molecular complexity index is 851. The van der Waals surface area contributed by atoms with E-state index in [9.17, 15) is 4.79 Å². The highest BCUT2D eigenvalue weighted by Gasteiger charge is 2.29. The van der Waals surface area contributed by atoms with E-state index in [0.29, 0.717) is 13.0 Å². The van der Waals surface area contributed by atoms with Gasteiger partial charge in [-0.3, -0.25) is 4.79 Å². The zero-order chi connectivity index (χ0) is 20.2. The van der Waals surface area contributed by atoms with Crippen LogP contribution in [0, 0.1) is 0 Å². The van der Waals surface area contributed by atoms with E-state index in [0.717, 1.165) is 68.7 Å². The molecule has 4 rings (SSSR count). The van der Waals surface area contributed by atoms with Crippen molar-refractivity contribution < 1.29 is 9.53 Å². The number of anilines is 1. The van der Waals surface area contributed by atoms with E-state index >= 15 is 0 Å². The lowest BCUT2D eigenvalue weighted by molar-refractivity contribution is -0.132. The van der Waals surface area contributed by atoms with Gasteiger partial charge >= 0.3 is 0 Å². The van der Waals surface area contributed by atoms with Gasteiger partial charge in [-0.05, 0) is 25.0 Å². The molecule has 0 aliphatic carbocycles. The van der Waals surface area contributed by atoms with E-state index in [2.05, 4.69) is 25.0 Å². The summed E-state index contributed by atoms with van der Waals surface area (Å²) in [5, 5.41) is 12.1. The number of likely N-dealkylation sites (tertiary alicyclic amines) is 1. The predicted octanol–water partition coefficient (Wildman–Crippen LogP) is 1.62. The van der Waals surface area contributed by atoms with Gasteiger partial charge in [-0.15, -0.1) is 10.2 Å². The van der Waals surface area contributed by atoms with E-state index in [4.69, 9.17) is 4.74 Å². The van der Waals surface area contributed by atoms with Crippen molar-refractivity contribution in [3.63, 3.8) is 0 Å². The first-order valence-electron chi connectivity index (χ1n) is 10.4. The SMILES string of the molecule is COc1cccc(N(C)CCC(=O)N2CCCC(c3nnc4n3CCNC4)C2)c1. The number of carbonyl (C=O) groups is 1. The van der Waals surface area contributed by atoms with Crippen LogP contribution in [0.2, 0.25) is 0 Å². The van der Waals surface area contributed by atoms with E-state index < -0.39 is 0 Å². The van der Waals surface area contributed by atoms with Crippen LogP contribution in [0.5, 0.6) is 5.75 Å². The highest BCUT2D eigenvalue weighted by Crippen LogP contribution is 2.27. The second-order valence-electron chi connectivity index (χ2n) is 7.85. The minimum absolute atomic E-state index is 0.212. The molecule has 0 spiro atoms. The van der Waals surface area contributed by atoms with Crippen molar-refractivity contribution in [2.75, 3.05) is 45.2 Å². The molecule has 0 bridgehead atoms. The zero-order valence-electron chi connectivity index (χ0n) is 17.3. The van der Waals surface area contributed by atoms with Gasteiger partial charge < -0.3 is 24.4 Å². The van der Waals surface area contributed by atoms with Gasteiger partial charge in [-0.1, -0.05) is 6.07 Å². The van der Waals surface area contributed by atoms with Crippen LogP contribution in [-0.4, -0.2) is 65.9 Å². The lowest BCUT2D eigenvalue weighted by Gasteiger charge is -2.33. The van der Waals surface area contributed by atoms with Crippen molar-refractivity contribution in [1.82, 2.24) is 25.0 Å². The van der Waals surface area contributed by atoms with Gasteiger partial charge in [0.1, 0.15) is 17.4 Å². The Labute approximate surface area is 171 Å². The van der Waals surface area contributed by atoms with Crippen LogP contribution in [0.4, 0.5) is 5.69 Å². The molecular weight excluding hydrogens is 368 g/mol. The number of carbonyl (C=O) groups excluding carboxylic acids is 1. The normalized spacial score (nSPS) is 19.0. The summed E-state index contributed by atoms with van der Waals surface area (Å²) in [5.74, 6) is 3.38. The van der Waals surface area contributed by atoms with Crippen molar-refractivity contribution in [3.8, 4) is 5.75 Å². The molecule has 1 atom stereocenters. The average Bonchev–Trinajstić information content (AvgIpc) is 3.21. The van der Waals surface area contributed by atoms with Crippen molar-refractivity contribution in [2.45, 2.75) is 38.3 Å². The molecule has 1 unspecified atom stereocenters. The van der Waals surface area contributed by atoms with Gasteiger partial charge in [0.15, 0.2) is 0 Å². The number of fused-ring (bicyclic) bond motifs is 1. The highest BCUT2D eigenvalue weighted by molar-refractivity contribution is 5.77. The highest BCUT2D eigenvalue weighted by atomic mass is 16.5. The number of hydrogen-bond donors (Lipinski definition) is 1. The molecule has 2 aliphatic rings. The number of ether oxygens (including phenoxy) is 1. The standard InChI is InChI=1S/C21H30N6O2/c1-25(17-6-3-7-18(13-17)29-2)11-8-20(28)26-10-4-5-16(15-26)21-24-23-19-14-22-9-12-27(19)21/h3,6-7,13,16,22H,4-5,8-12,14-15H2,1-2H3. The fourth-order valence-corrected chi connectivity index (χ4v) is 4.23. The lowest BCUT2D eigenvalue weighted by Crippen LogP contribution is -2.41. The molecule has 1 saturated heterocycles. The van der Waals surface area contributed by atoms with Crippen molar-refractivity contribution in [3.05, 3.63) is 35.9 Å². The predicted molar refractivity (Wildman–Crippen MR) is 111 cm³/mol. The lowest BCUT2D eigenvalue weighted by atomic mass is 9.96. The molecule has 1 aromatic heterocycles. The van der Waals surface area contributed by atoms with Crippen molar-refractivity contribution >= 4 is 11.6 Å². The molecule has 0 radical (unpaired) electrons. The quantitative estimate of drug-likeness (QED) is 0.797. The van der Waals surface area contributed by atoms with Gasteiger partial charge in [0, 0.05) is 63.9 Å². The second kappa shape index (κ2) is 8.82. The van der Waals surface area contributed by atoms with Crippen LogP contribution < -0.4 is 15.0 Å². The zero-order valence-corrected chi connectivity index (χ0v) is 17.3. The number of nitrogens with one attached hydrogen (secondary N) is 1. The summed E-state index contributed by atoms with van der Waals surface area (Å²) in [6, 6.07) is 7.92. The summed E-state index contributed by atoms with van der Waals surface area (Å²) in [6.45, 7) is 4.89. The molecule has 8 heteroatoms. The Morgan fingerprint density at radius 1 is 1.34 bits per heavy atom. The first-order valence-corrected chi connectivity index (χ1v) is 10.4. The maximum atomic E-state index is 12.9. The minimum Gasteiger partial charge on any atom is -0.497 e. The first kappa shape index (κ1) is 19.7. The van der Waals surface area contributed by atoms with Crippen LogP contribution in [0.3, 0.4) is 0 Å². The van der Waals surface area contributed by atoms with E-state index in [1.54, 1.807) is 7.11 Å². The first-order chi connectivity index (χ1) is 14.2. The summed E-state index contributed by atoms with van der Waals surface area (Å²) in [4.78, 5) is 17.0. The summed E-state index contributed by atoms with van der Waals surface area (Å²) in [5.41, 5.74) is 1.05. The Morgan fingerprint density at radius 2 is 2.24 bits per heavy atom. The third kappa shape index (κ3) is 4.37. The Balaban J connectivity index is 1.34. The summed E-state index contributed by atoms with van der Waals surface area (Å²) in [6.07, 6.45) is 2.59. The molecule has 2 aromatic rings. The largest absolute Gasteiger partial charge is 0.497 e. The number of hydrogen-bond acceptors (Lipinski definition) is 6. The van der Waals surface area contributed by atoms with Crippen molar-refractivity contribution in [2.24, 2.45) is 0 Å². The maximum absolute atomic E-state index is 12.9. The number of nitrogens with zero attached hydrogens (tertiary/aromatic N) is 5. The third-order valence-corrected chi connectivity index (χ3v) is 5.95. The number of benzene rings is 1. The molecule has 2 aliphatic heterocycles. The third-order valence-electron chi connectivity index (χ3n) is 5.95. The van der Waals surface area contributed by atoms with Gasteiger partial charge in [0.25, 0.3) is 0 Å². The summed E-state index contributed by atoms with van der Waals surface area (Å²) < 4.78 is 7.54. The van der Waals surface area contributed by atoms with E-state index in [1.807, 2.05) is 36.2 Å². The molecule has 8 nitrogen and oxygen atoms in total. The Kier molecular flexibility index (Phi) is 5.99. The smallest absolute Gasteiger partial charge is 0.224 e. The summed E-state index contributed by atoms with van der Waals surface area (Å²) >= 11 is 0. The van der Waals surface area contributed by atoms with Gasteiger partial charge in [-0.25, -0.2) is 0 Å². The molecule has 3 heterocycles. The van der Waals surface area contributed by atoms with Crippen LogP contribution >= 0.6 is 0 Å². The fourth-order valence-electron chi connectivity index (χ4n) is 4.23. The molecule has 1 fully saturated rings. The average molecular weight is 399 g/mol. The van der Waals surface area contributed by atoms with E-state index in [1.165, 1.54) is 0 Å². The molecule has 29 heavy (non-hydrogen) atoms. The topological polar surface area (TPSA) is 75.5 Å². The molecule has 156 valence electrons. The molecule has 0 saturated carbocycles. The van der Waals surface area contributed by atoms with E-state index in [-0.39, 0.29) is 11.8 Å². The number of piperidine rings is 1. The Morgan fingerprint density at radius 3 is 3.10 bits per heavy atom. The van der Waals surface area contributed by atoms with Crippen molar-refractivity contribution in [1.29, 1.82) is 0 Å². The van der Waals surface area contributed by atoms with Crippen LogP contribution in [0.25, 0.3) is 0 Å². The van der Waals surface area contributed by atoms with Crippen LogP contribution in [0.15, 0.2) is 24.3 Å². The molecule has 1 aromatic carbocycles. The number of methoxy groups -OCH3 is 1. The monoisotopic (exact) mass is 398 g/mol. The number of rotatable bonds is 6. The second-order valence-corrected chi connectivity index (χ2v) is 7.85. The fraction of sp³-hybridized carbons (Fsp3) is 0.571.